The van der Waals surface area contributed by atoms with Crippen LogP contribution in [0.2, 0.25) is 0 Å². The number of nitrogens with zero attached hydrogens (tertiary/aromatic N) is 3. The molecule has 0 aliphatic heterocycles. The zero-order chi connectivity index (χ0) is 23.3. The number of methoxy groups -OCH3 is 1. The predicted octanol–water partition coefficient (Wildman–Crippen LogP) is 3.01. The highest BCUT2D eigenvalue weighted by atomic mass is 16.5. The Morgan fingerprint density at radius 2 is 1.88 bits per heavy atom. The fourth-order valence-corrected chi connectivity index (χ4v) is 3.39. The molecule has 3 rings (SSSR count). The Hall–Kier alpha value is -3.94. The lowest BCUT2D eigenvalue weighted by molar-refractivity contribution is -0.122. The van der Waals surface area contributed by atoms with Crippen LogP contribution in [0.3, 0.4) is 0 Å². The van der Waals surface area contributed by atoms with Crippen LogP contribution >= 0.6 is 0 Å². The first-order chi connectivity index (χ1) is 15.3. The number of primary amides is 1. The van der Waals surface area contributed by atoms with Crippen LogP contribution in [0.5, 0.6) is 5.75 Å². The van der Waals surface area contributed by atoms with Crippen molar-refractivity contribution in [3.8, 4) is 5.75 Å². The molecule has 32 heavy (non-hydrogen) atoms. The van der Waals surface area contributed by atoms with Crippen molar-refractivity contribution in [2.24, 2.45) is 5.73 Å². The van der Waals surface area contributed by atoms with Gasteiger partial charge in [-0.15, -0.1) is 0 Å². The minimum Gasteiger partial charge on any atom is -0.497 e. The van der Waals surface area contributed by atoms with E-state index in [0.717, 1.165) is 11.1 Å². The van der Waals surface area contributed by atoms with E-state index in [0.29, 0.717) is 22.8 Å². The van der Waals surface area contributed by atoms with E-state index < -0.39 is 17.9 Å². The molecule has 0 saturated carbocycles. The fourth-order valence-electron chi connectivity index (χ4n) is 3.39. The maximum atomic E-state index is 13.7. The second-order valence-electron chi connectivity index (χ2n) is 7.48. The summed E-state index contributed by atoms with van der Waals surface area (Å²) < 4.78 is 5.31. The van der Waals surface area contributed by atoms with E-state index in [1.165, 1.54) is 12.0 Å². The largest absolute Gasteiger partial charge is 0.497 e. The Balaban J connectivity index is 2.12. The number of nitrogens with two attached hydrogens (primary N) is 1. The van der Waals surface area contributed by atoms with Crippen molar-refractivity contribution in [2.45, 2.75) is 26.4 Å². The number of carbonyl (C=O) groups excluding carboxylic acids is 2. The van der Waals surface area contributed by atoms with Crippen LogP contribution in [0.4, 0.5) is 5.95 Å². The number of hydrogen-bond donors (Lipinski definition) is 2. The summed E-state index contributed by atoms with van der Waals surface area (Å²) in [6.45, 7) is 3.91. The third-order valence-electron chi connectivity index (χ3n) is 5.12. The SMILES string of the molecule is CNc1ncc(C)c(C(=O)N(Cc2ccc(C)cc2)C(C(N)=O)c2cccc(OC)c2)n1. The van der Waals surface area contributed by atoms with Gasteiger partial charge in [0.1, 0.15) is 17.5 Å². The van der Waals surface area contributed by atoms with Gasteiger partial charge in [0.25, 0.3) is 5.91 Å². The first-order valence-electron chi connectivity index (χ1n) is 10.1. The first kappa shape index (κ1) is 22.7. The highest BCUT2D eigenvalue weighted by Gasteiger charge is 2.32. The summed E-state index contributed by atoms with van der Waals surface area (Å²) in [5.41, 5.74) is 9.13. The van der Waals surface area contributed by atoms with Gasteiger partial charge in [-0.1, -0.05) is 42.0 Å². The van der Waals surface area contributed by atoms with Gasteiger partial charge in [0.2, 0.25) is 11.9 Å². The summed E-state index contributed by atoms with van der Waals surface area (Å²) >= 11 is 0. The third kappa shape index (κ3) is 5.03. The van der Waals surface area contributed by atoms with Crippen LogP contribution in [0.15, 0.2) is 54.7 Å². The molecular weight excluding hydrogens is 406 g/mol. The molecule has 3 N–H and O–H groups in total. The molecule has 1 heterocycles. The number of amides is 2. The van der Waals surface area contributed by atoms with Crippen molar-refractivity contribution in [3.63, 3.8) is 0 Å². The molecule has 0 aliphatic rings. The maximum Gasteiger partial charge on any atom is 0.274 e. The van der Waals surface area contributed by atoms with Crippen LogP contribution in [0.25, 0.3) is 0 Å². The molecule has 166 valence electrons. The lowest BCUT2D eigenvalue weighted by Gasteiger charge is -2.30. The predicted molar refractivity (Wildman–Crippen MR) is 122 cm³/mol. The molecule has 0 radical (unpaired) electrons. The molecule has 1 aromatic heterocycles. The van der Waals surface area contributed by atoms with Gasteiger partial charge in [-0.3, -0.25) is 9.59 Å². The van der Waals surface area contributed by atoms with E-state index in [1.807, 2.05) is 31.2 Å². The number of aryl methyl sites for hydroxylation is 2. The number of carbonyl (C=O) groups is 2. The summed E-state index contributed by atoms with van der Waals surface area (Å²) in [4.78, 5) is 36.4. The lowest BCUT2D eigenvalue weighted by atomic mass is 10.0. The van der Waals surface area contributed by atoms with Crippen LogP contribution in [0.1, 0.15) is 38.8 Å². The van der Waals surface area contributed by atoms with Gasteiger partial charge < -0.3 is 20.7 Å². The number of nitrogens with one attached hydrogen (secondary N) is 1. The number of aromatic nitrogens is 2. The monoisotopic (exact) mass is 433 g/mol. The Labute approximate surface area is 187 Å². The van der Waals surface area contributed by atoms with Gasteiger partial charge in [0.15, 0.2) is 0 Å². The Bertz CT molecular complexity index is 1110. The second kappa shape index (κ2) is 9.91. The molecule has 1 atom stereocenters. The summed E-state index contributed by atoms with van der Waals surface area (Å²) in [5, 5.41) is 2.84. The van der Waals surface area contributed by atoms with Gasteiger partial charge >= 0.3 is 0 Å². The van der Waals surface area contributed by atoms with Crippen molar-refractivity contribution >= 4 is 17.8 Å². The van der Waals surface area contributed by atoms with Crippen molar-refractivity contribution in [2.75, 3.05) is 19.5 Å². The third-order valence-corrected chi connectivity index (χ3v) is 5.12. The van der Waals surface area contributed by atoms with Gasteiger partial charge in [0.05, 0.1) is 7.11 Å². The summed E-state index contributed by atoms with van der Waals surface area (Å²) in [5.74, 6) is -0.203. The van der Waals surface area contributed by atoms with E-state index in [9.17, 15) is 9.59 Å². The molecule has 0 saturated heterocycles. The number of anilines is 1. The normalized spacial score (nSPS) is 11.5. The first-order valence-corrected chi connectivity index (χ1v) is 10.1. The smallest absolute Gasteiger partial charge is 0.274 e. The quantitative estimate of drug-likeness (QED) is 0.565. The van der Waals surface area contributed by atoms with E-state index >= 15 is 0 Å². The average Bonchev–Trinajstić information content (AvgIpc) is 2.80. The minimum atomic E-state index is -1.02. The van der Waals surface area contributed by atoms with E-state index in [-0.39, 0.29) is 12.2 Å². The van der Waals surface area contributed by atoms with Crippen LogP contribution in [-0.2, 0) is 11.3 Å². The molecule has 1 unspecified atom stereocenters. The lowest BCUT2D eigenvalue weighted by Crippen LogP contribution is -2.42. The summed E-state index contributed by atoms with van der Waals surface area (Å²) in [6.07, 6.45) is 1.57. The molecule has 2 amide bonds. The van der Waals surface area contributed by atoms with Gasteiger partial charge in [-0.2, -0.15) is 0 Å². The number of benzene rings is 2. The molecule has 8 heteroatoms. The highest BCUT2D eigenvalue weighted by Crippen LogP contribution is 2.28. The molecule has 8 nitrogen and oxygen atoms in total. The molecule has 0 spiro atoms. The van der Waals surface area contributed by atoms with Crippen LogP contribution in [-0.4, -0.2) is 40.8 Å². The topological polar surface area (TPSA) is 110 Å². The van der Waals surface area contributed by atoms with E-state index in [4.69, 9.17) is 10.5 Å². The number of ether oxygens (including phenoxy) is 1. The van der Waals surface area contributed by atoms with Crippen molar-refractivity contribution < 1.29 is 14.3 Å². The van der Waals surface area contributed by atoms with Gasteiger partial charge in [0, 0.05) is 19.8 Å². The van der Waals surface area contributed by atoms with E-state index in [2.05, 4.69) is 15.3 Å². The maximum absolute atomic E-state index is 13.7. The molecular formula is C24H27N5O3. The minimum absolute atomic E-state index is 0.169. The Kier molecular flexibility index (Phi) is 7.04. The zero-order valence-electron chi connectivity index (χ0n) is 18.6. The average molecular weight is 434 g/mol. The van der Waals surface area contributed by atoms with Crippen LogP contribution in [0, 0.1) is 13.8 Å². The molecule has 3 aromatic rings. The van der Waals surface area contributed by atoms with E-state index in [1.54, 1.807) is 44.4 Å². The zero-order valence-corrected chi connectivity index (χ0v) is 18.6. The Morgan fingerprint density at radius 1 is 1.16 bits per heavy atom. The van der Waals surface area contributed by atoms with Gasteiger partial charge in [-0.05, 0) is 42.7 Å². The van der Waals surface area contributed by atoms with Gasteiger partial charge in [-0.25, -0.2) is 9.97 Å². The van der Waals surface area contributed by atoms with Crippen molar-refractivity contribution in [3.05, 3.63) is 82.7 Å². The number of hydrogen-bond acceptors (Lipinski definition) is 6. The number of rotatable bonds is 8. The summed E-state index contributed by atoms with van der Waals surface area (Å²) in [7, 11) is 3.21. The fraction of sp³-hybridized carbons (Fsp3) is 0.250. The molecule has 2 aromatic carbocycles. The van der Waals surface area contributed by atoms with Crippen LogP contribution < -0.4 is 15.8 Å². The highest BCUT2D eigenvalue weighted by molar-refractivity contribution is 5.97. The standard InChI is InChI=1S/C24H27N5O3/c1-15-8-10-17(11-9-15)14-29(23(31)20-16(2)13-27-24(26-3)28-20)21(22(25)30)18-6-5-7-19(12-18)32-4/h5-13,21H,14H2,1-4H3,(H2,25,30)(H,26,27,28). The second-order valence-corrected chi connectivity index (χ2v) is 7.48. The molecule has 0 aliphatic carbocycles. The Morgan fingerprint density at radius 3 is 2.50 bits per heavy atom. The molecule has 0 fully saturated rings. The van der Waals surface area contributed by atoms with Crippen molar-refractivity contribution in [1.29, 1.82) is 0 Å². The van der Waals surface area contributed by atoms with Crippen molar-refractivity contribution in [1.82, 2.24) is 14.9 Å². The summed E-state index contributed by atoms with van der Waals surface area (Å²) in [6, 6.07) is 13.7. The molecule has 0 bridgehead atoms.